The Bertz CT molecular complexity index is 735. The molecular weight excluding hydrogens is 328 g/mol. The van der Waals surface area contributed by atoms with Crippen molar-refractivity contribution >= 4 is 11.8 Å². The number of nitrogens with one attached hydrogen (secondary N) is 1. The average molecular weight is 347 g/mol. The highest BCUT2D eigenvalue weighted by atomic mass is 19.1. The summed E-state index contributed by atoms with van der Waals surface area (Å²) in [4.78, 5) is 24.4. The average Bonchev–Trinajstić information content (AvgIpc) is 2.64. The molecule has 0 bridgehead atoms. The highest BCUT2D eigenvalue weighted by Gasteiger charge is 2.24. The Hall–Kier alpha value is -2.77. The lowest BCUT2D eigenvalue weighted by molar-refractivity contribution is 0.191. The van der Waals surface area contributed by atoms with E-state index < -0.39 is 17.7 Å². The lowest BCUT2D eigenvalue weighted by Crippen LogP contribution is -2.52. The number of nitrogens with zero attached hydrogens (tertiary/aromatic N) is 4. The second kappa shape index (κ2) is 7.42. The van der Waals surface area contributed by atoms with Crippen LogP contribution in [-0.4, -0.2) is 47.1 Å². The quantitative estimate of drug-likeness (QED) is 0.926. The van der Waals surface area contributed by atoms with Crippen LogP contribution in [0.4, 0.5) is 19.4 Å². The lowest BCUT2D eigenvalue weighted by atomic mass is 10.1. The summed E-state index contributed by atoms with van der Waals surface area (Å²) < 4.78 is 27.1. The molecule has 25 heavy (non-hydrogen) atoms. The number of anilines is 1. The first kappa shape index (κ1) is 17.1. The molecule has 1 aliphatic rings. The number of halogens is 2. The van der Waals surface area contributed by atoms with Gasteiger partial charge in [-0.1, -0.05) is 0 Å². The number of carbonyl (C=O) groups is 1. The maximum Gasteiger partial charge on any atom is 0.317 e. The maximum absolute atomic E-state index is 13.8. The summed E-state index contributed by atoms with van der Waals surface area (Å²) in [6.45, 7) is 3.93. The van der Waals surface area contributed by atoms with Crippen LogP contribution in [0.25, 0.3) is 0 Å². The summed E-state index contributed by atoms with van der Waals surface area (Å²) in [6, 6.07) is 2.30. The van der Waals surface area contributed by atoms with Crippen molar-refractivity contribution in [1.82, 2.24) is 20.2 Å². The van der Waals surface area contributed by atoms with Crippen molar-refractivity contribution in [1.29, 1.82) is 0 Å². The van der Waals surface area contributed by atoms with Crippen molar-refractivity contribution in [3.63, 3.8) is 0 Å². The highest BCUT2D eigenvalue weighted by molar-refractivity contribution is 5.75. The number of rotatable bonds is 3. The molecule has 1 saturated heterocycles. The molecule has 0 saturated carbocycles. The summed E-state index contributed by atoms with van der Waals surface area (Å²) in [6.07, 6.45) is 4.92. The topological polar surface area (TPSA) is 61.4 Å². The van der Waals surface area contributed by atoms with E-state index in [0.717, 1.165) is 24.0 Å². The second-order valence-electron chi connectivity index (χ2n) is 5.87. The van der Waals surface area contributed by atoms with Crippen LogP contribution in [0.15, 0.2) is 36.8 Å². The van der Waals surface area contributed by atoms with Gasteiger partial charge in [0.05, 0.1) is 12.2 Å². The predicted molar refractivity (Wildman–Crippen MR) is 89.1 cm³/mol. The van der Waals surface area contributed by atoms with E-state index in [9.17, 15) is 13.6 Å². The summed E-state index contributed by atoms with van der Waals surface area (Å²) in [5.74, 6) is -0.297. The standard InChI is InChI=1S/C17H19F2N5O/c1-12(14-10-13(18)2-3-15(14)19)22-17(25)24-8-6-23(7-9-24)16-11-20-4-5-21-16/h2-5,10-12H,6-9H2,1H3,(H,22,25). The molecule has 1 aromatic heterocycles. The van der Waals surface area contributed by atoms with Crippen LogP contribution in [0.2, 0.25) is 0 Å². The fraction of sp³-hybridized carbons (Fsp3) is 0.353. The van der Waals surface area contributed by atoms with Gasteiger partial charge in [-0.05, 0) is 25.1 Å². The van der Waals surface area contributed by atoms with Crippen molar-refractivity contribution in [3.05, 3.63) is 54.0 Å². The predicted octanol–water partition coefficient (Wildman–Crippen LogP) is 2.35. The van der Waals surface area contributed by atoms with Crippen LogP contribution in [0.3, 0.4) is 0 Å². The summed E-state index contributed by atoms with van der Waals surface area (Å²) in [5, 5.41) is 2.72. The first-order valence-corrected chi connectivity index (χ1v) is 8.06. The SMILES string of the molecule is CC(NC(=O)N1CCN(c2cnccn2)CC1)c1cc(F)ccc1F. The normalized spacial score (nSPS) is 15.8. The zero-order valence-corrected chi connectivity index (χ0v) is 13.8. The third-order valence-corrected chi connectivity index (χ3v) is 4.20. The Labute approximate surface area is 144 Å². The number of amides is 2. The molecule has 2 heterocycles. The van der Waals surface area contributed by atoms with Gasteiger partial charge in [-0.2, -0.15) is 0 Å². The van der Waals surface area contributed by atoms with Crippen LogP contribution < -0.4 is 10.2 Å². The van der Waals surface area contributed by atoms with E-state index in [1.165, 1.54) is 0 Å². The zero-order valence-electron chi connectivity index (χ0n) is 13.8. The summed E-state index contributed by atoms with van der Waals surface area (Å²) in [5.41, 5.74) is 0.131. The minimum absolute atomic E-state index is 0.131. The smallest absolute Gasteiger partial charge is 0.317 e. The number of aromatic nitrogens is 2. The molecule has 1 unspecified atom stereocenters. The van der Waals surface area contributed by atoms with Gasteiger partial charge in [0.25, 0.3) is 0 Å². The summed E-state index contributed by atoms with van der Waals surface area (Å²) in [7, 11) is 0. The van der Waals surface area contributed by atoms with Crippen molar-refractivity contribution in [2.45, 2.75) is 13.0 Å². The molecular formula is C17H19F2N5O. The van der Waals surface area contributed by atoms with E-state index in [-0.39, 0.29) is 11.6 Å². The Balaban J connectivity index is 1.57. The fourth-order valence-electron chi connectivity index (χ4n) is 2.79. The highest BCUT2D eigenvalue weighted by Crippen LogP contribution is 2.19. The number of hydrogen-bond acceptors (Lipinski definition) is 4. The maximum atomic E-state index is 13.8. The number of piperazine rings is 1. The van der Waals surface area contributed by atoms with Gasteiger partial charge in [0.2, 0.25) is 0 Å². The van der Waals surface area contributed by atoms with Crippen LogP contribution in [0.5, 0.6) is 0 Å². The molecule has 0 aliphatic carbocycles. The third-order valence-electron chi connectivity index (χ3n) is 4.20. The number of benzene rings is 1. The molecule has 1 aliphatic heterocycles. The largest absolute Gasteiger partial charge is 0.352 e. The minimum Gasteiger partial charge on any atom is -0.352 e. The fourth-order valence-corrected chi connectivity index (χ4v) is 2.79. The van der Waals surface area contributed by atoms with Gasteiger partial charge in [-0.25, -0.2) is 18.6 Å². The van der Waals surface area contributed by atoms with Crippen LogP contribution in [-0.2, 0) is 0 Å². The molecule has 2 amide bonds. The van der Waals surface area contributed by atoms with Crippen molar-refractivity contribution in [2.24, 2.45) is 0 Å². The Morgan fingerprint density at radius 2 is 1.96 bits per heavy atom. The number of carbonyl (C=O) groups excluding carboxylic acids is 1. The van der Waals surface area contributed by atoms with E-state index in [1.54, 1.807) is 30.4 Å². The molecule has 0 radical (unpaired) electrons. The van der Waals surface area contributed by atoms with E-state index >= 15 is 0 Å². The monoisotopic (exact) mass is 347 g/mol. The van der Waals surface area contributed by atoms with Gasteiger partial charge in [-0.15, -0.1) is 0 Å². The van der Waals surface area contributed by atoms with Gasteiger partial charge in [0, 0.05) is 44.1 Å². The molecule has 1 aromatic carbocycles. The van der Waals surface area contributed by atoms with Gasteiger partial charge in [-0.3, -0.25) is 4.98 Å². The van der Waals surface area contributed by atoms with Crippen LogP contribution in [0.1, 0.15) is 18.5 Å². The van der Waals surface area contributed by atoms with Crippen LogP contribution >= 0.6 is 0 Å². The molecule has 6 nitrogen and oxygen atoms in total. The second-order valence-corrected chi connectivity index (χ2v) is 5.87. The Morgan fingerprint density at radius 3 is 2.64 bits per heavy atom. The summed E-state index contributed by atoms with van der Waals surface area (Å²) >= 11 is 0. The van der Waals surface area contributed by atoms with Crippen molar-refractivity contribution in [2.75, 3.05) is 31.1 Å². The van der Waals surface area contributed by atoms with E-state index in [2.05, 4.69) is 15.3 Å². The first-order chi connectivity index (χ1) is 12.0. The van der Waals surface area contributed by atoms with Crippen molar-refractivity contribution in [3.8, 4) is 0 Å². The van der Waals surface area contributed by atoms with E-state index in [4.69, 9.17) is 0 Å². The molecule has 132 valence electrons. The van der Waals surface area contributed by atoms with Gasteiger partial charge in [0.1, 0.15) is 17.5 Å². The molecule has 2 aromatic rings. The number of hydrogen-bond donors (Lipinski definition) is 1. The molecule has 1 fully saturated rings. The Kier molecular flexibility index (Phi) is 5.06. The minimum atomic E-state index is -0.624. The third kappa shape index (κ3) is 4.01. The molecule has 3 rings (SSSR count). The van der Waals surface area contributed by atoms with Gasteiger partial charge >= 0.3 is 6.03 Å². The molecule has 0 spiro atoms. The van der Waals surface area contributed by atoms with Crippen LogP contribution in [0, 0.1) is 11.6 Å². The van der Waals surface area contributed by atoms with E-state index in [0.29, 0.717) is 26.2 Å². The molecule has 1 N–H and O–H groups in total. The lowest BCUT2D eigenvalue weighted by Gasteiger charge is -2.35. The first-order valence-electron chi connectivity index (χ1n) is 8.06. The van der Waals surface area contributed by atoms with E-state index in [1.807, 2.05) is 4.90 Å². The molecule has 1 atom stereocenters. The molecule has 8 heteroatoms. The van der Waals surface area contributed by atoms with Gasteiger partial charge in [0.15, 0.2) is 0 Å². The Morgan fingerprint density at radius 1 is 1.20 bits per heavy atom. The van der Waals surface area contributed by atoms with Gasteiger partial charge < -0.3 is 15.1 Å². The van der Waals surface area contributed by atoms with Crippen molar-refractivity contribution < 1.29 is 13.6 Å². The number of urea groups is 1. The zero-order chi connectivity index (χ0) is 17.8.